The number of sulfonamides is 1. The molecule has 1 saturated heterocycles. The monoisotopic (exact) mass is 303 g/mol. The van der Waals surface area contributed by atoms with Gasteiger partial charge in [0.15, 0.2) is 5.82 Å². The lowest BCUT2D eigenvalue weighted by molar-refractivity contribution is -0.133. The first-order valence-electron chi connectivity index (χ1n) is 6.17. The van der Waals surface area contributed by atoms with Gasteiger partial charge in [-0.1, -0.05) is 5.21 Å². The summed E-state index contributed by atoms with van der Waals surface area (Å²) in [5, 5.41) is 16.5. The van der Waals surface area contributed by atoms with Gasteiger partial charge in [-0.05, 0) is 12.8 Å². The number of hydrogen-bond acceptors (Lipinski definition) is 6. The van der Waals surface area contributed by atoms with E-state index < -0.39 is 10.0 Å². The Bertz CT molecular complexity index is 584. The fourth-order valence-electron chi connectivity index (χ4n) is 2.20. The molecule has 10 heteroatoms. The second-order valence-corrected chi connectivity index (χ2v) is 6.49. The van der Waals surface area contributed by atoms with E-state index in [1.54, 1.807) is 4.90 Å². The molecule has 9 nitrogen and oxygen atoms in total. The van der Waals surface area contributed by atoms with Crippen LogP contribution in [-0.4, -0.2) is 64.8 Å². The van der Waals surface area contributed by atoms with Crippen molar-refractivity contribution in [3.63, 3.8) is 0 Å². The number of carbonyl (C=O) groups is 1. The van der Waals surface area contributed by atoms with Gasteiger partial charge in [0.2, 0.25) is 15.9 Å². The van der Waals surface area contributed by atoms with Crippen LogP contribution >= 0.6 is 0 Å². The minimum atomic E-state index is -3.41. The number of nitrogens with one attached hydrogen (secondary N) is 1. The van der Waals surface area contributed by atoms with Crippen molar-refractivity contribution in [3.05, 3.63) is 6.20 Å². The van der Waals surface area contributed by atoms with Crippen molar-refractivity contribution in [2.24, 2.45) is 0 Å². The van der Waals surface area contributed by atoms with E-state index >= 15 is 0 Å². The van der Waals surface area contributed by atoms with Crippen LogP contribution in [0.4, 0.5) is 5.82 Å². The third kappa shape index (κ3) is 3.67. The molecule has 20 heavy (non-hydrogen) atoms. The van der Waals surface area contributed by atoms with Gasteiger partial charge < -0.3 is 10.0 Å². The Morgan fingerprint density at radius 3 is 3.00 bits per heavy atom. The molecule has 1 fully saturated rings. The Balaban J connectivity index is 1.98. The zero-order chi connectivity index (χ0) is 14.8. The Labute approximate surface area is 116 Å². The number of hydrogen-bond donors (Lipinski definition) is 2. The van der Waals surface area contributed by atoms with E-state index in [4.69, 9.17) is 0 Å². The van der Waals surface area contributed by atoms with Crippen molar-refractivity contribution in [1.29, 1.82) is 0 Å². The Morgan fingerprint density at radius 1 is 1.60 bits per heavy atom. The molecule has 0 aromatic carbocycles. The number of likely N-dealkylation sites (tertiary alicyclic amines) is 1. The molecule has 0 spiro atoms. The fraction of sp³-hybridized carbons (Fsp3) is 0.700. The van der Waals surface area contributed by atoms with E-state index in [1.165, 1.54) is 10.9 Å². The van der Waals surface area contributed by atoms with Crippen molar-refractivity contribution in [2.75, 3.05) is 24.1 Å². The molecule has 0 aliphatic carbocycles. The molecule has 0 bridgehead atoms. The maximum absolute atomic E-state index is 12.1. The van der Waals surface area contributed by atoms with Crippen LogP contribution in [0, 0.1) is 0 Å². The molecular weight excluding hydrogens is 286 g/mol. The molecule has 1 aromatic rings. The molecule has 112 valence electrons. The predicted octanol–water partition coefficient (Wildman–Crippen LogP) is -1.37. The zero-order valence-electron chi connectivity index (χ0n) is 11.1. The lowest BCUT2D eigenvalue weighted by Gasteiger charge is -2.22. The standard InChI is InChI=1S/C10H17N5O4S/c1-20(18,19)12-9-5-14(13-11-9)6-10(17)15-4-2-3-8(15)7-16/h5,8,12,16H,2-4,6-7H2,1H3. The molecule has 0 saturated carbocycles. The molecular formula is C10H17N5O4S. The average molecular weight is 303 g/mol. The smallest absolute Gasteiger partial charge is 0.244 e. The number of aromatic nitrogens is 3. The Morgan fingerprint density at radius 2 is 2.35 bits per heavy atom. The number of carbonyl (C=O) groups excluding carboxylic acids is 1. The molecule has 1 atom stereocenters. The Kier molecular flexibility index (Phi) is 4.23. The molecule has 1 unspecified atom stereocenters. The number of amides is 1. The van der Waals surface area contributed by atoms with Gasteiger partial charge in [-0.25, -0.2) is 13.1 Å². The van der Waals surface area contributed by atoms with Crippen molar-refractivity contribution >= 4 is 21.7 Å². The first-order valence-corrected chi connectivity index (χ1v) is 8.06. The van der Waals surface area contributed by atoms with Gasteiger partial charge in [0.25, 0.3) is 0 Å². The zero-order valence-corrected chi connectivity index (χ0v) is 11.9. The predicted molar refractivity (Wildman–Crippen MR) is 70.3 cm³/mol. The normalized spacial score (nSPS) is 19.3. The summed E-state index contributed by atoms with van der Waals surface area (Å²) in [7, 11) is -3.41. The van der Waals surface area contributed by atoms with Crippen LogP contribution < -0.4 is 4.72 Å². The number of anilines is 1. The molecule has 0 radical (unpaired) electrons. The van der Waals surface area contributed by atoms with Gasteiger partial charge in [-0.2, -0.15) is 0 Å². The lowest BCUT2D eigenvalue weighted by atomic mass is 10.2. The second-order valence-electron chi connectivity index (χ2n) is 4.74. The van der Waals surface area contributed by atoms with E-state index in [-0.39, 0.29) is 30.9 Å². The second kappa shape index (κ2) is 5.75. The summed E-state index contributed by atoms with van der Waals surface area (Å²) in [5.41, 5.74) is 0. The van der Waals surface area contributed by atoms with E-state index in [1.807, 2.05) is 0 Å². The third-order valence-electron chi connectivity index (χ3n) is 3.03. The van der Waals surface area contributed by atoms with Crippen LogP contribution in [0.2, 0.25) is 0 Å². The topological polar surface area (TPSA) is 117 Å². The van der Waals surface area contributed by atoms with Crippen LogP contribution in [0.3, 0.4) is 0 Å². The van der Waals surface area contributed by atoms with Crippen molar-refractivity contribution in [2.45, 2.75) is 25.4 Å². The van der Waals surface area contributed by atoms with E-state index in [9.17, 15) is 18.3 Å². The Hall–Kier alpha value is -1.68. The van der Waals surface area contributed by atoms with Crippen LogP contribution in [-0.2, 0) is 21.4 Å². The van der Waals surface area contributed by atoms with Gasteiger partial charge in [-0.3, -0.25) is 9.52 Å². The summed E-state index contributed by atoms with van der Waals surface area (Å²) in [6.45, 7) is 0.534. The summed E-state index contributed by atoms with van der Waals surface area (Å²) in [5.74, 6) is -0.0993. The summed E-state index contributed by atoms with van der Waals surface area (Å²) < 4.78 is 25.5. The SMILES string of the molecule is CS(=O)(=O)Nc1cn(CC(=O)N2CCCC2CO)nn1. The van der Waals surface area contributed by atoms with Gasteiger partial charge in [0, 0.05) is 6.54 Å². The highest BCUT2D eigenvalue weighted by Gasteiger charge is 2.28. The van der Waals surface area contributed by atoms with Gasteiger partial charge in [-0.15, -0.1) is 5.10 Å². The van der Waals surface area contributed by atoms with Gasteiger partial charge in [0.1, 0.15) is 6.54 Å². The highest BCUT2D eigenvalue weighted by Crippen LogP contribution is 2.17. The first kappa shape index (κ1) is 14.7. The van der Waals surface area contributed by atoms with Crippen molar-refractivity contribution in [3.8, 4) is 0 Å². The molecule has 1 aliphatic rings. The maximum Gasteiger partial charge on any atom is 0.244 e. The summed E-state index contributed by atoms with van der Waals surface area (Å²) in [6.07, 6.45) is 4.02. The van der Waals surface area contributed by atoms with Crippen molar-refractivity contribution in [1.82, 2.24) is 19.9 Å². The van der Waals surface area contributed by atoms with E-state index in [2.05, 4.69) is 15.0 Å². The lowest BCUT2D eigenvalue weighted by Crippen LogP contribution is -2.39. The van der Waals surface area contributed by atoms with Crippen LogP contribution in [0.5, 0.6) is 0 Å². The summed E-state index contributed by atoms with van der Waals surface area (Å²) >= 11 is 0. The minimum Gasteiger partial charge on any atom is -0.394 e. The van der Waals surface area contributed by atoms with Crippen LogP contribution in [0.25, 0.3) is 0 Å². The number of nitrogens with zero attached hydrogens (tertiary/aromatic N) is 4. The molecule has 2 rings (SSSR count). The van der Waals surface area contributed by atoms with E-state index in [0.29, 0.717) is 6.54 Å². The summed E-state index contributed by atoms with van der Waals surface area (Å²) in [4.78, 5) is 13.7. The number of aliphatic hydroxyl groups excluding tert-OH is 1. The minimum absolute atomic E-state index is 0.0328. The molecule has 1 aromatic heterocycles. The van der Waals surface area contributed by atoms with E-state index in [0.717, 1.165) is 19.1 Å². The quantitative estimate of drug-likeness (QED) is 0.693. The molecule has 1 aliphatic heterocycles. The van der Waals surface area contributed by atoms with Crippen LogP contribution in [0.1, 0.15) is 12.8 Å². The van der Waals surface area contributed by atoms with Crippen LogP contribution in [0.15, 0.2) is 6.20 Å². The first-order chi connectivity index (χ1) is 9.39. The number of rotatable bonds is 5. The third-order valence-corrected chi connectivity index (χ3v) is 3.61. The van der Waals surface area contributed by atoms with Crippen molar-refractivity contribution < 1.29 is 18.3 Å². The fourth-order valence-corrected chi connectivity index (χ4v) is 2.67. The molecule has 2 N–H and O–H groups in total. The van der Waals surface area contributed by atoms with Gasteiger partial charge in [0.05, 0.1) is 25.1 Å². The summed E-state index contributed by atoms with van der Waals surface area (Å²) in [6, 6.07) is -0.139. The average Bonchev–Trinajstić information content (AvgIpc) is 2.95. The largest absolute Gasteiger partial charge is 0.394 e. The molecule has 1 amide bonds. The molecule has 2 heterocycles. The highest BCUT2D eigenvalue weighted by molar-refractivity contribution is 7.92. The number of aliphatic hydroxyl groups is 1. The van der Waals surface area contributed by atoms with Gasteiger partial charge >= 0.3 is 0 Å². The highest BCUT2D eigenvalue weighted by atomic mass is 32.2. The maximum atomic E-state index is 12.1.